The molecule has 8 heteroatoms. The van der Waals surface area contributed by atoms with E-state index in [-0.39, 0.29) is 34.6 Å². The van der Waals surface area contributed by atoms with Crippen molar-refractivity contribution in [3.8, 4) is 0 Å². The summed E-state index contributed by atoms with van der Waals surface area (Å²) in [6.07, 6.45) is 1.72. The number of hydrogen-bond acceptors (Lipinski definition) is 5. The Balaban J connectivity index is 1.88. The third kappa shape index (κ3) is 3.92. The van der Waals surface area contributed by atoms with E-state index in [4.69, 9.17) is 10.1 Å². The standard InChI is InChI=1S/C24H25N5O3/c1-15-9-10-20-27-22-19(24(31)29(20)14-15)13-18(21(25)28(22)11-12-32-3)23(30)26-16(2)17-7-5-4-6-8-17/h4-10,13-14,16,25H,11-12H2,1-3H3,(H,26,30)/t16-/m1/s1. The zero-order valence-corrected chi connectivity index (χ0v) is 18.3. The summed E-state index contributed by atoms with van der Waals surface area (Å²) >= 11 is 0. The maximum atomic E-state index is 13.3. The van der Waals surface area contributed by atoms with Gasteiger partial charge in [-0.1, -0.05) is 36.4 Å². The molecule has 0 radical (unpaired) electrons. The molecule has 0 spiro atoms. The van der Waals surface area contributed by atoms with Crippen molar-refractivity contribution >= 4 is 22.6 Å². The molecule has 8 nitrogen and oxygen atoms in total. The Bertz CT molecular complexity index is 1420. The fourth-order valence-corrected chi connectivity index (χ4v) is 3.72. The lowest BCUT2D eigenvalue weighted by Gasteiger charge is -2.17. The van der Waals surface area contributed by atoms with Gasteiger partial charge in [0.25, 0.3) is 11.5 Å². The highest BCUT2D eigenvalue weighted by Crippen LogP contribution is 2.14. The van der Waals surface area contributed by atoms with Crippen LogP contribution in [0.25, 0.3) is 16.7 Å². The van der Waals surface area contributed by atoms with Crippen LogP contribution in [-0.2, 0) is 11.3 Å². The molecule has 0 bridgehead atoms. The van der Waals surface area contributed by atoms with Crippen molar-refractivity contribution < 1.29 is 9.53 Å². The first kappa shape index (κ1) is 21.5. The molecule has 1 amide bonds. The summed E-state index contributed by atoms with van der Waals surface area (Å²) < 4.78 is 8.22. The van der Waals surface area contributed by atoms with E-state index in [0.29, 0.717) is 17.9 Å². The molecule has 0 aliphatic heterocycles. The van der Waals surface area contributed by atoms with E-state index in [1.165, 1.54) is 10.5 Å². The van der Waals surface area contributed by atoms with Gasteiger partial charge >= 0.3 is 0 Å². The minimum Gasteiger partial charge on any atom is -0.383 e. The SMILES string of the molecule is COCCn1c(=N)c(C(=O)N[C@H](C)c2ccccc2)cc2c(=O)n3cc(C)ccc3nc21. The monoisotopic (exact) mass is 431 g/mol. The molecule has 1 atom stereocenters. The molecule has 4 aromatic rings. The van der Waals surface area contributed by atoms with Crippen LogP contribution < -0.4 is 16.4 Å². The van der Waals surface area contributed by atoms with Gasteiger partial charge in [0, 0.05) is 19.9 Å². The maximum absolute atomic E-state index is 13.3. The molecule has 0 aliphatic carbocycles. The summed E-state index contributed by atoms with van der Waals surface area (Å²) in [5, 5.41) is 11.9. The summed E-state index contributed by atoms with van der Waals surface area (Å²) in [6.45, 7) is 4.37. The minimum absolute atomic E-state index is 0.0179. The number of carbonyl (C=O) groups is 1. The predicted octanol–water partition coefficient (Wildman–Crippen LogP) is 2.57. The van der Waals surface area contributed by atoms with Crippen molar-refractivity contribution in [3.05, 3.63) is 87.3 Å². The summed E-state index contributed by atoms with van der Waals surface area (Å²) in [5.41, 5.74) is 2.51. The second kappa shape index (κ2) is 8.76. The number of hydrogen-bond donors (Lipinski definition) is 2. The molecule has 0 unspecified atom stereocenters. The number of fused-ring (bicyclic) bond motifs is 2. The van der Waals surface area contributed by atoms with Crippen LogP contribution in [0.2, 0.25) is 0 Å². The molecule has 164 valence electrons. The van der Waals surface area contributed by atoms with Gasteiger partial charge in [0.15, 0.2) is 0 Å². The van der Waals surface area contributed by atoms with Gasteiger partial charge in [0.1, 0.15) is 16.8 Å². The van der Waals surface area contributed by atoms with E-state index in [1.807, 2.05) is 50.2 Å². The summed E-state index contributed by atoms with van der Waals surface area (Å²) in [7, 11) is 1.56. The normalized spacial score (nSPS) is 12.2. The second-order valence-corrected chi connectivity index (χ2v) is 7.75. The number of aromatic nitrogens is 3. The van der Waals surface area contributed by atoms with E-state index >= 15 is 0 Å². The minimum atomic E-state index is -0.423. The third-order valence-electron chi connectivity index (χ3n) is 5.47. The van der Waals surface area contributed by atoms with Crippen LogP contribution in [0.5, 0.6) is 0 Å². The fraction of sp³-hybridized carbons (Fsp3) is 0.250. The Morgan fingerprint density at radius 2 is 1.97 bits per heavy atom. The predicted molar refractivity (Wildman–Crippen MR) is 122 cm³/mol. The van der Waals surface area contributed by atoms with Gasteiger partial charge in [-0.15, -0.1) is 0 Å². The molecule has 4 rings (SSSR count). The Kier molecular flexibility index (Phi) is 5.87. The van der Waals surface area contributed by atoms with E-state index in [2.05, 4.69) is 10.3 Å². The zero-order valence-electron chi connectivity index (χ0n) is 18.3. The molecular weight excluding hydrogens is 406 g/mol. The lowest BCUT2D eigenvalue weighted by molar-refractivity contribution is 0.0937. The highest BCUT2D eigenvalue weighted by atomic mass is 16.5. The molecular formula is C24H25N5O3. The van der Waals surface area contributed by atoms with Crippen molar-refractivity contribution in [3.63, 3.8) is 0 Å². The second-order valence-electron chi connectivity index (χ2n) is 7.75. The molecule has 3 aromatic heterocycles. The molecule has 1 aromatic carbocycles. The number of nitrogens with zero attached hydrogens (tertiary/aromatic N) is 3. The highest BCUT2D eigenvalue weighted by Gasteiger charge is 2.19. The van der Waals surface area contributed by atoms with Gasteiger partial charge in [-0.3, -0.25) is 19.4 Å². The van der Waals surface area contributed by atoms with Crippen LogP contribution in [-0.4, -0.2) is 33.6 Å². The molecule has 3 heterocycles. The third-order valence-corrected chi connectivity index (χ3v) is 5.47. The molecule has 2 N–H and O–H groups in total. The Labute approximate surface area is 184 Å². The van der Waals surface area contributed by atoms with E-state index in [1.54, 1.807) is 23.9 Å². The number of benzene rings is 1. The maximum Gasteiger partial charge on any atom is 0.267 e. The zero-order chi connectivity index (χ0) is 22.8. The van der Waals surface area contributed by atoms with Gasteiger partial charge in [-0.05, 0) is 37.1 Å². The number of methoxy groups -OCH3 is 1. The number of amides is 1. The average molecular weight is 431 g/mol. The topological polar surface area (TPSA) is 101 Å². The van der Waals surface area contributed by atoms with Crippen molar-refractivity contribution in [2.75, 3.05) is 13.7 Å². The van der Waals surface area contributed by atoms with Crippen LogP contribution in [0.3, 0.4) is 0 Å². The number of carbonyl (C=O) groups excluding carboxylic acids is 1. The van der Waals surface area contributed by atoms with Gasteiger partial charge < -0.3 is 14.6 Å². The largest absolute Gasteiger partial charge is 0.383 e. The highest BCUT2D eigenvalue weighted by molar-refractivity contribution is 5.97. The molecule has 0 aliphatic rings. The molecule has 32 heavy (non-hydrogen) atoms. The van der Waals surface area contributed by atoms with Crippen LogP contribution in [0.1, 0.15) is 34.5 Å². The van der Waals surface area contributed by atoms with Gasteiger partial charge in [-0.2, -0.15) is 0 Å². The van der Waals surface area contributed by atoms with E-state index in [9.17, 15) is 9.59 Å². The van der Waals surface area contributed by atoms with Crippen molar-refractivity contribution in [1.29, 1.82) is 5.41 Å². The van der Waals surface area contributed by atoms with Crippen molar-refractivity contribution in [2.45, 2.75) is 26.4 Å². The van der Waals surface area contributed by atoms with E-state index in [0.717, 1.165) is 11.1 Å². The number of rotatable bonds is 6. The Morgan fingerprint density at radius 3 is 2.69 bits per heavy atom. The average Bonchev–Trinajstić information content (AvgIpc) is 2.79. The van der Waals surface area contributed by atoms with Crippen molar-refractivity contribution in [1.82, 2.24) is 19.3 Å². The first-order valence-electron chi connectivity index (χ1n) is 10.4. The fourth-order valence-electron chi connectivity index (χ4n) is 3.72. The summed E-state index contributed by atoms with van der Waals surface area (Å²) in [5.74, 6) is -0.423. The first-order chi connectivity index (χ1) is 15.4. The van der Waals surface area contributed by atoms with Crippen molar-refractivity contribution in [2.24, 2.45) is 0 Å². The lowest BCUT2D eigenvalue weighted by atomic mass is 10.1. The number of nitrogens with one attached hydrogen (secondary N) is 2. The van der Waals surface area contributed by atoms with Gasteiger partial charge in [0.2, 0.25) is 0 Å². The van der Waals surface area contributed by atoms with Crippen LogP contribution in [0, 0.1) is 12.3 Å². The quantitative estimate of drug-likeness (QED) is 0.458. The van der Waals surface area contributed by atoms with Gasteiger partial charge in [0.05, 0.1) is 23.6 Å². The Hall–Kier alpha value is -3.78. The summed E-state index contributed by atoms with van der Waals surface area (Å²) in [4.78, 5) is 31.0. The van der Waals surface area contributed by atoms with Crippen LogP contribution >= 0.6 is 0 Å². The van der Waals surface area contributed by atoms with Gasteiger partial charge in [-0.25, -0.2) is 4.98 Å². The summed E-state index contributed by atoms with van der Waals surface area (Å²) in [6, 6.07) is 14.4. The number of aryl methyl sites for hydroxylation is 1. The lowest BCUT2D eigenvalue weighted by Crippen LogP contribution is -2.36. The molecule has 0 fully saturated rings. The van der Waals surface area contributed by atoms with Crippen LogP contribution in [0.4, 0.5) is 0 Å². The Morgan fingerprint density at radius 1 is 1.22 bits per heavy atom. The first-order valence-corrected chi connectivity index (χ1v) is 10.4. The van der Waals surface area contributed by atoms with Crippen LogP contribution in [0.15, 0.2) is 59.5 Å². The molecule has 0 saturated heterocycles. The molecule has 0 saturated carbocycles. The van der Waals surface area contributed by atoms with E-state index < -0.39 is 5.91 Å². The number of pyridine rings is 2. The smallest absolute Gasteiger partial charge is 0.267 e. The number of ether oxygens (including phenoxy) is 1.